The zero-order chi connectivity index (χ0) is 22.3. The maximum absolute atomic E-state index is 6.35. The Balaban J connectivity index is 0.00000105. The fourth-order valence-corrected chi connectivity index (χ4v) is 6.33. The molecule has 0 atom stereocenters. The van der Waals surface area contributed by atoms with Gasteiger partial charge in [-0.2, -0.15) is 5.10 Å². The van der Waals surface area contributed by atoms with Crippen LogP contribution in [0.4, 0.5) is 5.82 Å². The maximum Gasteiger partial charge on any atom is 0.152 e. The lowest BCUT2D eigenvalue weighted by molar-refractivity contribution is -0.0961. The van der Waals surface area contributed by atoms with Gasteiger partial charge < -0.3 is 10.1 Å². The highest BCUT2D eigenvalue weighted by atomic mass is 35.5. The average molecular weight is 474 g/mol. The first-order chi connectivity index (χ1) is 15.6. The predicted molar refractivity (Wildman–Crippen MR) is 131 cm³/mol. The van der Waals surface area contributed by atoms with Crippen molar-refractivity contribution >= 4 is 34.3 Å². The van der Waals surface area contributed by atoms with Crippen LogP contribution in [0.2, 0.25) is 4.34 Å². The lowest BCUT2D eigenvalue weighted by Gasteiger charge is -2.43. The zero-order valence-corrected chi connectivity index (χ0v) is 20.7. The first-order valence-corrected chi connectivity index (χ1v) is 13.0. The van der Waals surface area contributed by atoms with Crippen molar-refractivity contribution in [3.63, 3.8) is 0 Å². The minimum atomic E-state index is -0.136. The van der Waals surface area contributed by atoms with E-state index in [0.717, 1.165) is 72.6 Å². The molecule has 172 valence electrons. The van der Waals surface area contributed by atoms with Crippen LogP contribution in [0, 0.1) is 6.92 Å². The Morgan fingerprint density at radius 3 is 2.78 bits per heavy atom. The van der Waals surface area contributed by atoms with Crippen molar-refractivity contribution in [1.29, 1.82) is 0 Å². The first-order valence-electron chi connectivity index (χ1n) is 11.9. The Morgan fingerprint density at radius 1 is 1.25 bits per heavy atom. The molecule has 1 aliphatic carbocycles. The summed E-state index contributed by atoms with van der Waals surface area (Å²) in [5.41, 5.74) is 4.41. The van der Waals surface area contributed by atoms with Crippen LogP contribution < -0.4 is 5.32 Å². The topological polar surface area (TPSA) is 54.7 Å². The van der Waals surface area contributed by atoms with Gasteiger partial charge in [0.15, 0.2) is 5.82 Å². The number of fused-ring (bicyclic) bond motifs is 3. The van der Waals surface area contributed by atoms with Crippen LogP contribution >= 0.6 is 22.9 Å². The van der Waals surface area contributed by atoms with E-state index in [2.05, 4.69) is 22.3 Å². The largest absolute Gasteiger partial charge is 0.369 e. The molecule has 2 fully saturated rings. The number of hydrogen-bond donors (Lipinski definition) is 1. The third-order valence-electron chi connectivity index (χ3n) is 6.54. The van der Waals surface area contributed by atoms with E-state index in [1.807, 2.05) is 31.5 Å². The number of aromatic nitrogens is 3. The van der Waals surface area contributed by atoms with E-state index in [1.54, 1.807) is 11.3 Å². The number of likely N-dealkylation sites (tertiary alicyclic amines) is 1. The van der Waals surface area contributed by atoms with Crippen molar-refractivity contribution in [2.75, 3.05) is 25.0 Å². The summed E-state index contributed by atoms with van der Waals surface area (Å²) in [6.45, 7) is 9.70. The quantitative estimate of drug-likeness (QED) is 0.548. The van der Waals surface area contributed by atoms with Gasteiger partial charge in [0.25, 0.3) is 0 Å². The molecule has 8 heteroatoms. The van der Waals surface area contributed by atoms with Gasteiger partial charge in [0.2, 0.25) is 0 Å². The van der Waals surface area contributed by atoms with Crippen LogP contribution in [0.5, 0.6) is 0 Å². The molecule has 0 radical (unpaired) electrons. The summed E-state index contributed by atoms with van der Waals surface area (Å²) < 4.78 is 9.22. The number of aryl methyl sites for hydroxylation is 1. The molecule has 0 bridgehead atoms. The van der Waals surface area contributed by atoms with E-state index in [1.165, 1.54) is 23.3 Å². The molecule has 6 rings (SSSR count). The van der Waals surface area contributed by atoms with Crippen LogP contribution in [0.15, 0.2) is 18.3 Å². The molecule has 2 aliphatic heterocycles. The molecule has 1 spiro atoms. The number of nitrogens with zero attached hydrogens (tertiary/aromatic N) is 4. The second-order valence-corrected chi connectivity index (χ2v) is 10.6. The lowest BCUT2D eigenvalue weighted by atomic mass is 9.85. The third-order valence-corrected chi connectivity index (χ3v) is 8.03. The molecular weight excluding hydrogens is 442 g/mol. The van der Waals surface area contributed by atoms with Crippen molar-refractivity contribution in [3.8, 4) is 0 Å². The zero-order valence-electron chi connectivity index (χ0n) is 19.2. The molecule has 0 aromatic carbocycles. The van der Waals surface area contributed by atoms with Crippen molar-refractivity contribution in [3.05, 3.63) is 44.5 Å². The number of anilines is 1. The van der Waals surface area contributed by atoms with Gasteiger partial charge in [-0.1, -0.05) is 25.4 Å². The Morgan fingerprint density at radius 2 is 2.03 bits per heavy atom. The van der Waals surface area contributed by atoms with E-state index >= 15 is 0 Å². The highest BCUT2D eigenvalue weighted by Gasteiger charge is 2.42. The number of nitrogens with one attached hydrogen (secondary N) is 1. The van der Waals surface area contributed by atoms with Gasteiger partial charge in [-0.05, 0) is 56.7 Å². The molecule has 5 heterocycles. The third kappa shape index (κ3) is 4.28. The van der Waals surface area contributed by atoms with Crippen LogP contribution in [0.3, 0.4) is 0 Å². The summed E-state index contributed by atoms with van der Waals surface area (Å²) in [5, 5.41) is 8.40. The molecular formula is C24H32ClN5OS. The fourth-order valence-electron chi connectivity index (χ4n) is 4.83. The van der Waals surface area contributed by atoms with Crippen LogP contribution in [-0.4, -0.2) is 45.2 Å². The summed E-state index contributed by atoms with van der Waals surface area (Å²) in [6.07, 6.45) is 7.49. The maximum atomic E-state index is 6.35. The molecule has 32 heavy (non-hydrogen) atoms. The highest BCUT2D eigenvalue weighted by Crippen LogP contribution is 2.46. The van der Waals surface area contributed by atoms with Gasteiger partial charge in [0.1, 0.15) is 11.1 Å². The fraction of sp³-hybridized carbons (Fsp3) is 0.583. The molecule has 3 aromatic rings. The standard InChI is InChI=1S/C22H26ClN5OS.C2H6/c1-14-12-28-18(21(24-14)25-16-2-3-16)11-17(26-28)13-27-7-5-22(6-8-27)20-15(4-9-29-22)10-19(23)30-20;1-2/h10-12,16H,2-9,13H2,1H3,(H,24,25);1-2H3. The molecule has 3 aromatic heterocycles. The molecule has 1 saturated heterocycles. The minimum absolute atomic E-state index is 0.136. The Bertz CT molecular complexity index is 1100. The second-order valence-electron chi connectivity index (χ2n) is 8.89. The van der Waals surface area contributed by atoms with E-state index < -0.39 is 0 Å². The van der Waals surface area contributed by atoms with Gasteiger partial charge >= 0.3 is 0 Å². The molecule has 6 nitrogen and oxygen atoms in total. The van der Waals surface area contributed by atoms with E-state index in [-0.39, 0.29) is 5.60 Å². The number of hydrogen-bond acceptors (Lipinski definition) is 6. The van der Waals surface area contributed by atoms with Crippen LogP contribution in [-0.2, 0) is 23.3 Å². The van der Waals surface area contributed by atoms with Crippen LogP contribution in [0.1, 0.15) is 61.4 Å². The number of thiophene rings is 1. The number of ether oxygens (including phenoxy) is 1. The average Bonchev–Trinajstić information content (AvgIpc) is 3.37. The first kappa shape index (κ1) is 22.1. The Kier molecular flexibility index (Phi) is 6.18. The Hall–Kier alpha value is -1.67. The van der Waals surface area contributed by atoms with Gasteiger partial charge in [0, 0.05) is 30.6 Å². The monoisotopic (exact) mass is 473 g/mol. The van der Waals surface area contributed by atoms with Crippen molar-refractivity contribution < 1.29 is 4.74 Å². The minimum Gasteiger partial charge on any atom is -0.369 e. The van der Waals surface area contributed by atoms with Gasteiger partial charge in [0.05, 0.1) is 28.5 Å². The van der Waals surface area contributed by atoms with Gasteiger partial charge in [-0.25, -0.2) is 9.50 Å². The van der Waals surface area contributed by atoms with Gasteiger partial charge in [-0.15, -0.1) is 11.3 Å². The summed E-state index contributed by atoms with van der Waals surface area (Å²) in [6, 6.07) is 4.90. The summed E-state index contributed by atoms with van der Waals surface area (Å²) in [5.74, 6) is 0.964. The Labute approximate surface area is 198 Å². The van der Waals surface area contributed by atoms with E-state index in [0.29, 0.717) is 6.04 Å². The highest BCUT2D eigenvalue weighted by molar-refractivity contribution is 7.16. The van der Waals surface area contributed by atoms with Crippen LogP contribution in [0.25, 0.3) is 5.52 Å². The van der Waals surface area contributed by atoms with Crippen molar-refractivity contribution in [2.45, 2.75) is 71.1 Å². The number of rotatable bonds is 4. The number of halogens is 1. The number of piperidine rings is 1. The van der Waals surface area contributed by atoms with Crippen molar-refractivity contribution in [2.24, 2.45) is 0 Å². The second kappa shape index (κ2) is 8.93. The van der Waals surface area contributed by atoms with Gasteiger partial charge in [-0.3, -0.25) is 4.90 Å². The SMILES string of the molecule is CC.Cc1cn2nc(CN3CCC4(CC3)OCCc3cc(Cl)sc34)cc2c(NC2CC2)n1. The molecule has 0 unspecified atom stereocenters. The summed E-state index contributed by atoms with van der Waals surface area (Å²) >= 11 is 8.03. The van der Waals surface area contributed by atoms with E-state index in [9.17, 15) is 0 Å². The lowest BCUT2D eigenvalue weighted by Crippen LogP contribution is -2.45. The normalized spacial score (nSPS) is 20.1. The smallest absolute Gasteiger partial charge is 0.152 e. The predicted octanol–water partition coefficient (Wildman–Crippen LogP) is 5.42. The van der Waals surface area contributed by atoms with Crippen molar-refractivity contribution in [1.82, 2.24) is 19.5 Å². The summed E-state index contributed by atoms with van der Waals surface area (Å²) in [4.78, 5) is 8.57. The molecule has 3 aliphatic rings. The summed E-state index contributed by atoms with van der Waals surface area (Å²) in [7, 11) is 0. The molecule has 1 N–H and O–H groups in total. The molecule has 1 saturated carbocycles. The molecule has 0 amide bonds. The van der Waals surface area contributed by atoms with E-state index in [4.69, 9.17) is 26.4 Å².